The Balaban J connectivity index is 2.18. The van der Waals surface area contributed by atoms with Crippen LogP contribution in [-0.2, 0) is 4.74 Å². The Labute approximate surface area is 133 Å². The largest absolute Gasteiger partial charge is 0.493 e. The third kappa shape index (κ3) is 4.12. The van der Waals surface area contributed by atoms with Crippen LogP contribution in [-0.4, -0.2) is 18.2 Å². The number of esters is 1. The van der Waals surface area contributed by atoms with Gasteiger partial charge in [0.05, 0.1) is 6.61 Å². The quantitative estimate of drug-likeness (QED) is 0.525. The molecule has 0 heterocycles. The van der Waals surface area contributed by atoms with Crippen LogP contribution in [0.25, 0.3) is 6.08 Å². The van der Waals surface area contributed by atoms with E-state index in [4.69, 9.17) is 9.47 Å². The van der Waals surface area contributed by atoms with E-state index in [0.717, 1.165) is 44.1 Å². The topological polar surface area (TPSA) is 35.5 Å². The molecule has 3 heteroatoms. The van der Waals surface area contributed by atoms with Gasteiger partial charge in [0.1, 0.15) is 16.9 Å². The van der Waals surface area contributed by atoms with Crippen molar-refractivity contribution in [3.8, 4) is 5.75 Å². The summed E-state index contributed by atoms with van der Waals surface area (Å²) in [5.74, 6) is 0.310. The Bertz CT molecular complexity index is 527. The first-order valence-corrected chi connectivity index (χ1v) is 8.20. The molecule has 1 aromatic carbocycles. The molecule has 22 heavy (non-hydrogen) atoms. The molecule has 3 nitrogen and oxygen atoms in total. The van der Waals surface area contributed by atoms with Crippen molar-refractivity contribution >= 4 is 12.0 Å². The zero-order valence-corrected chi connectivity index (χ0v) is 13.7. The molecule has 0 radical (unpaired) electrons. The van der Waals surface area contributed by atoms with Gasteiger partial charge in [0, 0.05) is 0 Å². The summed E-state index contributed by atoms with van der Waals surface area (Å²) in [7, 11) is 0. The molecule has 1 aromatic rings. The van der Waals surface area contributed by atoms with Gasteiger partial charge in [-0.05, 0) is 56.7 Å². The SMILES string of the molecule is C=Cc1ccc(OCCCC)c(C(=O)OC2(C)CCCC2)c1. The third-order valence-corrected chi connectivity index (χ3v) is 4.22. The highest BCUT2D eigenvalue weighted by Gasteiger charge is 2.33. The number of carbonyl (C=O) groups is 1. The Hall–Kier alpha value is -1.77. The van der Waals surface area contributed by atoms with Crippen LogP contribution in [0.1, 0.15) is 68.3 Å². The van der Waals surface area contributed by atoms with Gasteiger partial charge in [0.15, 0.2) is 0 Å². The first kappa shape index (κ1) is 16.6. The predicted octanol–water partition coefficient (Wildman–Crippen LogP) is 5.00. The lowest BCUT2D eigenvalue weighted by atomic mass is 10.0. The smallest absolute Gasteiger partial charge is 0.342 e. The van der Waals surface area contributed by atoms with Gasteiger partial charge in [-0.1, -0.05) is 32.1 Å². The second-order valence-corrected chi connectivity index (χ2v) is 6.21. The van der Waals surface area contributed by atoms with Gasteiger partial charge in [0.25, 0.3) is 0 Å². The summed E-state index contributed by atoms with van der Waals surface area (Å²) in [5.41, 5.74) is 1.06. The molecule has 0 unspecified atom stereocenters. The fourth-order valence-electron chi connectivity index (χ4n) is 2.79. The highest BCUT2D eigenvalue weighted by molar-refractivity contribution is 5.93. The molecule has 0 aliphatic heterocycles. The molecule has 0 amide bonds. The fraction of sp³-hybridized carbons (Fsp3) is 0.526. The van der Waals surface area contributed by atoms with E-state index in [1.165, 1.54) is 0 Å². The molecule has 1 saturated carbocycles. The lowest BCUT2D eigenvalue weighted by Gasteiger charge is -2.24. The summed E-state index contributed by atoms with van der Waals surface area (Å²) < 4.78 is 11.5. The molecule has 0 spiro atoms. The van der Waals surface area contributed by atoms with Crippen LogP contribution in [0.3, 0.4) is 0 Å². The number of ether oxygens (including phenoxy) is 2. The van der Waals surface area contributed by atoms with Crippen LogP contribution in [0.5, 0.6) is 5.75 Å². The lowest BCUT2D eigenvalue weighted by molar-refractivity contribution is -0.00642. The molecule has 1 aliphatic rings. The molecule has 1 aliphatic carbocycles. The normalized spacial score (nSPS) is 16.3. The summed E-state index contributed by atoms with van der Waals surface area (Å²) >= 11 is 0. The second-order valence-electron chi connectivity index (χ2n) is 6.21. The Morgan fingerprint density at radius 3 is 2.73 bits per heavy atom. The van der Waals surface area contributed by atoms with Crippen LogP contribution < -0.4 is 4.74 Å². The van der Waals surface area contributed by atoms with Crippen molar-refractivity contribution in [3.63, 3.8) is 0 Å². The van der Waals surface area contributed by atoms with E-state index in [0.29, 0.717) is 17.9 Å². The van der Waals surface area contributed by atoms with Crippen molar-refractivity contribution < 1.29 is 14.3 Å². The Morgan fingerprint density at radius 1 is 1.36 bits per heavy atom. The van der Waals surface area contributed by atoms with Crippen molar-refractivity contribution in [2.24, 2.45) is 0 Å². The maximum Gasteiger partial charge on any atom is 0.342 e. The van der Waals surface area contributed by atoms with E-state index < -0.39 is 0 Å². The standard InChI is InChI=1S/C19H26O3/c1-4-6-13-21-17-10-9-15(5-2)14-16(17)18(20)22-19(3)11-7-8-12-19/h5,9-10,14H,2,4,6-8,11-13H2,1,3H3. The number of hydrogen-bond acceptors (Lipinski definition) is 3. The molecule has 2 rings (SSSR count). The van der Waals surface area contributed by atoms with E-state index in [9.17, 15) is 4.79 Å². The van der Waals surface area contributed by atoms with Gasteiger partial charge in [-0.25, -0.2) is 4.79 Å². The maximum atomic E-state index is 12.6. The molecule has 0 N–H and O–H groups in total. The number of rotatable bonds is 7. The van der Waals surface area contributed by atoms with E-state index in [1.807, 2.05) is 19.1 Å². The zero-order valence-electron chi connectivity index (χ0n) is 13.7. The van der Waals surface area contributed by atoms with Crippen molar-refractivity contribution in [2.45, 2.75) is 58.0 Å². The minimum atomic E-state index is -0.331. The molecule has 120 valence electrons. The van der Waals surface area contributed by atoms with Gasteiger partial charge in [-0.2, -0.15) is 0 Å². The summed E-state index contributed by atoms with van der Waals surface area (Å²) in [4.78, 5) is 12.6. The first-order chi connectivity index (χ1) is 10.6. The van der Waals surface area contributed by atoms with Crippen LogP contribution in [0.15, 0.2) is 24.8 Å². The Morgan fingerprint density at radius 2 is 2.09 bits per heavy atom. The summed E-state index contributed by atoms with van der Waals surface area (Å²) in [6, 6.07) is 5.54. The Kier molecular flexibility index (Phi) is 5.64. The van der Waals surface area contributed by atoms with Gasteiger partial charge in [-0.3, -0.25) is 0 Å². The van der Waals surface area contributed by atoms with E-state index in [2.05, 4.69) is 13.5 Å². The second kappa shape index (κ2) is 7.48. The number of hydrogen-bond donors (Lipinski definition) is 0. The lowest BCUT2D eigenvalue weighted by Crippen LogP contribution is -2.28. The van der Waals surface area contributed by atoms with Crippen LogP contribution >= 0.6 is 0 Å². The average Bonchev–Trinajstić information content (AvgIpc) is 2.94. The van der Waals surface area contributed by atoms with E-state index >= 15 is 0 Å². The summed E-state index contributed by atoms with van der Waals surface area (Å²) in [5, 5.41) is 0. The minimum absolute atomic E-state index is 0.292. The fourth-order valence-corrected chi connectivity index (χ4v) is 2.79. The molecular formula is C19H26O3. The highest BCUT2D eigenvalue weighted by Crippen LogP contribution is 2.34. The van der Waals surface area contributed by atoms with Crippen LogP contribution in [0.2, 0.25) is 0 Å². The monoisotopic (exact) mass is 302 g/mol. The number of unbranched alkanes of at least 4 members (excludes halogenated alkanes) is 1. The third-order valence-electron chi connectivity index (χ3n) is 4.22. The minimum Gasteiger partial charge on any atom is -0.493 e. The van der Waals surface area contributed by atoms with Gasteiger partial charge < -0.3 is 9.47 Å². The zero-order chi connectivity index (χ0) is 16.0. The van der Waals surface area contributed by atoms with Crippen molar-refractivity contribution in [2.75, 3.05) is 6.61 Å². The first-order valence-electron chi connectivity index (χ1n) is 8.20. The van der Waals surface area contributed by atoms with Crippen molar-refractivity contribution in [3.05, 3.63) is 35.9 Å². The van der Waals surface area contributed by atoms with Gasteiger partial charge >= 0.3 is 5.97 Å². The van der Waals surface area contributed by atoms with Gasteiger partial charge in [-0.15, -0.1) is 0 Å². The molecule has 0 bridgehead atoms. The maximum absolute atomic E-state index is 12.6. The van der Waals surface area contributed by atoms with Gasteiger partial charge in [0.2, 0.25) is 0 Å². The molecule has 0 aromatic heterocycles. The molecular weight excluding hydrogens is 276 g/mol. The van der Waals surface area contributed by atoms with Crippen molar-refractivity contribution in [1.29, 1.82) is 0 Å². The molecule has 1 fully saturated rings. The number of benzene rings is 1. The average molecular weight is 302 g/mol. The van der Waals surface area contributed by atoms with E-state index in [1.54, 1.807) is 12.1 Å². The number of carbonyl (C=O) groups excluding carboxylic acids is 1. The summed E-state index contributed by atoms with van der Waals surface area (Å²) in [6.45, 7) is 8.51. The molecule has 0 atom stereocenters. The summed E-state index contributed by atoms with van der Waals surface area (Å²) in [6.07, 6.45) is 7.87. The van der Waals surface area contributed by atoms with E-state index in [-0.39, 0.29) is 11.6 Å². The van der Waals surface area contributed by atoms with Crippen LogP contribution in [0.4, 0.5) is 0 Å². The van der Waals surface area contributed by atoms with Crippen molar-refractivity contribution in [1.82, 2.24) is 0 Å². The molecule has 0 saturated heterocycles. The van der Waals surface area contributed by atoms with Crippen LogP contribution in [0, 0.1) is 0 Å². The predicted molar refractivity (Wildman–Crippen MR) is 89.2 cm³/mol. The highest BCUT2D eigenvalue weighted by atomic mass is 16.6.